The third-order valence-electron chi connectivity index (χ3n) is 5.82. The van der Waals surface area contributed by atoms with Gasteiger partial charge in [-0.3, -0.25) is 19.2 Å². The molecule has 0 aliphatic carbocycles. The third kappa shape index (κ3) is 8.98. The smallest absolute Gasteiger partial charge is 0.308 e. The Morgan fingerprint density at radius 1 is 0.545 bits per heavy atom. The minimum atomic E-state index is -0.537. The first-order valence-electron chi connectivity index (χ1n) is 13.1. The topological polar surface area (TPSA) is 203 Å². The van der Waals surface area contributed by atoms with E-state index in [-0.39, 0.29) is 34.8 Å². The van der Waals surface area contributed by atoms with E-state index in [1.54, 1.807) is 72.8 Å². The number of rotatable bonds is 6. The number of carbonyl (C=O) groups excluding carboxylic acids is 4. The lowest BCUT2D eigenvalue weighted by molar-refractivity contribution is -0.132. The number of nitrogen functional groups attached to an aromatic ring is 2. The summed E-state index contributed by atoms with van der Waals surface area (Å²) in [6.45, 7) is 5.20. The van der Waals surface area contributed by atoms with Crippen LogP contribution in [0, 0.1) is 0 Å². The molecule has 0 bridgehead atoms. The fraction of sp³-hybridized carbons (Fsp3) is 0.125. The SMILES string of the molecule is CC(=O)Nc1ccc(-c2ccc(NC(C)=O)c(OC(C)=O)c2)cc1OC(C)=O.Nc1ccc(-c2ccc(N)c(O)c2)cc1O. The van der Waals surface area contributed by atoms with E-state index in [0.717, 1.165) is 11.1 Å². The Labute approximate surface area is 253 Å². The minimum absolute atomic E-state index is 0.0221. The van der Waals surface area contributed by atoms with Crippen molar-refractivity contribution in [3.63, 3.8) is 0 Å². The van der Waals surface area contributed by atoms with Crippen molar-refractivity contribution in [2.45, 2.75) is 27.7 Å². The van der Waals surface area contributed by atoms with Gasteiger partial charge in [0.1, 0.15) is 11.5 Å². The Bertz CT molecular complexity index is 1610. The number of hydrogen-bond donors (Lipinski definition) is 6. The van der Waals surface area contributed by atoms with E-state index in [1.807, 2.05) is 0 Å². The van der Waals surface area contributed by atoms with Crippen LogP contribution < -0.4 is 31.6 Å². The molecule has 0 spiro atoms. The molecule has 0 radical (unpaired) electrons. The molecule has 0 aromatic heterocycles. The Morgan fingerprint density at radius 2 is 0.864 bits per heavy atom. The molecular formula is C32H32N4O8. The monoisotopic (exact) mass is 600 g/mol. The molecule has 4 aromatic rings. The third-order valence-corrected chi connectivity index (χ3v) is 5.82. The van der Waals surface area contributed by atoms with Gasteiger partial charge in [-0.05, 0) is 70.8 Å². The molecule has 2 amide bonds. The first-order chi connectivity index (χ1) is 20.7. The fourth-order valence-electron chi connectivity index (χ4n) is 3.91. The van der Waals surface area contributed by atoms with Crippen molar-refractivity contribution in [3.8, 4) is 45.3 Å². The number of anilines is 4. The van der Waals surface area contributed by atoms with Crippen LogP contribution in [-0.2, 0) is 19.2 Å². The van der Waals surface area contributed by atoms with E-state index in [4.69, 9.17) is 20.9 Å². The first-order valence-corrected chi connectivity index (χ1v) is 13.1. The molecule has 4 rings (SSSR count). The summed E-state index contributed by atoms with van der Waals surface area (Å²) in [6.07, 6.45) is 0. The van der Waals surface area contributed by atoms with Crippen LogP contribution in [0.1, 0.15) is 27.7 Å². The number of nitrogens with one attached hydrogen (secondary N) is 2. The number of nitrogens with two attached hydrogens (primary N) is 2. The zero-order valence-corrected chi connectivity index (χ0v) is 24.4. The molecule has 0 aliphatic heterocycles. The van der Waals surface area contributed by atoms with Crippen molar-refractivity contribution >= 4 is 46.5 Å². The van der Waals surface area contributed by atoms with Crippen LogP contribution in [-0.4, -0.2) is 34.0 Å². The van der Waals surface area contributed by atoms with Crippen LogP contribution >= 0.6 is 0 Å². The molecule has 44 heavy (non-hydrogen) atoms. The zero-order valence-electron chi connectivity index (χ0n) is 24.4. The first kappa shape index (κ1) is 32.5. The van der Waals surface area contributed by atoms with Crippen LogP contribution in [0.5, 0.6) is 23.0 Å². The maximum atomic E-state index is 11.4. The number of ether oxygens (including phenoxy) is 2. The number of carbonyl (C=O) groups is 4. The highest BCUT2D eigenvalue weighted by molar-refractivity contribution is 5.93. The van der Waals surface area contributed by atoms with Crippen molar-refractivity contribution in [3.05, 3.63) is 72.8 Å². The Kier molecular flexibility index (Phi) is 10.5. The molecule has 0 heterocycles. The summed E-state index contributed by atoms with van der Waals surface area (Å²) in [5.74, 6) is -1.28. The summed E-state index contributed by atoms with van der Waals surface area (Å²) in [5.41, 5.74) is 15.2. The van der Waals surface area contributed by atoms with Crippen molar-refractivity contribution in [1.29, 1.82) is 0 Å². The van der Waals surface area contributed by atoms with Gasteiger partial charge in [-0.25, -0.2) is 0 Å². The van der Waals surface area contributed by atoms with Crippen molar-refractivity contribution < 1.29 is 38.9 Å². The molecule has 228 valence electrons. The lowest BCUT2D eigenvalue weighted by atomic mass is 10.0. The van der Waals surface area contributed by atoms with Gasteiger partial charge >= 0.3 is 11.9 Å². The number of esters is 2. The van der Waals surface area contributed by atoms with Gasteiger partial charge in [0.05, 0.1) is 22.7 Å². The summed E-state index contributed by atoms with van der Waals surface area (Å²) < 4.78 is 10.4. The normalized spacial score (nSPS) is 10.1. The zero-order chi connectivity index (χ0) is 32.6. The molecule has 0 saturated heterocycles. The summed E-state index contributed by atoms with van der Waals surface area (Å²) in [7, 11) is 0. The lowest BCUT2D eigenvalue weighted by Gasteiger charge is -2.14. The van der Waals surface area contributed by atoms with E-state index in [9.17, 15) is 29.4 Å². The number of hydrogen-bond acceptors (Lipinski definition) is 10. The van der Waals surface area contributed by atoms with Crippen LogP contribution in [0.15, 0.2) is 72.8 Å². The lowest BCUT2D eigenvalue weighted by Crippen LogP contribution is -2.10. The minimum Gasteiger partial charge on any atom is -0.506 e. The van der Waals surface area contributed by atoms with Gasteiger partial charge in [-0.15, -0.1) is 0 Å². The number of amides is 2. The molecular weight excluding hydrogens is 568 g/mol. The molecule has 0 saturated carbocycles. The van der Waals surface area contributed by atoms with Gasteiger partial charge < -0.3 is 41.8 Å². The van der Waals surface area contributed by atoms with Crippen LogP contribution in [0.3, 0.4) is 0 Å². The number of phenols is 2. The second kappa shape index (κ2) is 14.2. The van der Waals surface area contributed by atoms with Gasteiger partial charge in [0.15, 0.2) is 11.5 Å². The largest absolute Gasteiger partial charge is 0.506 e. The summed E-state index contributed by atoms with van der Waals surface area (Å²) in [6, 6.07) is 19.6. The Balaban J connectivity index is 0.000000278. The van der Waals surface area contributed by atoms with Gasteiger partial charge in [0.2, 0.25) is 11.8 Å². The van der Waals surface area contributed by atoms with E-state index < -0.39 is 11.9 Å². The van der Waals surface area contributed by atoms with Gasteiger partial charge in [0, 0.05) is 27.7 Å². The predicted octanol–water partition coefficient (Wildman–Crippen LogP) is 5.05. The molecule has 12 nitrogen and oxygen atoms in total. The second-order valence-corrected chi connectivity index (χ2v) is 9.52. The molecule has 8 N–H and O–H groups in total. The molecule has 0 fully saturated rings. The number of phenolic OH excluding ortho intramolecular Hbond substituents is 2. The highest BCUT2D eigenvalue weighted by atomic mass is 16.5. The van der Waals surface area contributed by atoms with Crippen LogP contribution in [0.2, 0.25) is 0 Å². The highest BCUT2D eigenvalue weighted by Crippen LogP contribution is 2.36. The molecule has 12 heteroatoms. The highest BCUT2D eigenvalue weighted by Gasteiger charge is 2.14. The average Bonchev–Trinajstić information content (AvgIpc) is 2.93. The van der Waals surface area contributed by atoms with Crippen molar-refractivity contribution in [2.24, 2.45) is 0 Å². The predicted molar refractivity (Wildman–Crippen MR) is 167 cm³/mol. The summed E-state index contributed by atoms with van der Waals surface area (Å²) >= 11 is 0. The molecule has 0 atom stereocenters. The second-order valence-electron chi connectivity index (χ2n) is 9.52. The van der Waals surface area contributed by atoms with E-state index in [2.05, 4.69) is 10.6 Å². The van der Waals surface area contributed by atoms with E-state index >= 15 is 0 Å². The Morgan fingerprint density at radius 3 is 1.16 bits per heavy atom. The average molecular weight is 601 g/mol. The van der Waals surface area contributed by atoms with Crippen molar-refractivity contribution in [2.75, 3.05) is 22.1 Å². The van der Waals surface area contributed by atoms with Gasteiger partial charge in [0.25, 0.3) is 0 Å². The van der Waals surface area contributed by atoms with Crippen molar-refractivity contribution in [1.82, 2.24) is 0 Å². The van der Waals surface area contributed by atoms with Gasteiger partial charge in [-0.2, -0.15) is 0 Å². The van der Waals surface area contributed by atoms with Crippen LogP contribution in [0.25, 0.3) is 22.3 Å². The number of benzene rings is 4. The molecule has 0 aliphatic rings. The maximum Gasteiger partial charge on any atom is 0.308 e. The standard InChI is InChI=1S/C20H20N2O6.C12H12N2O2/c1-11(23)21-17-7-5-15(9-19(17)27-13(3)25)16-6-8-18(22-12(2)24)20(10-16)28-14(4)26;13-9-3-1-7(5-11(9)15)8-2-4-10(14)12(16)6-8/h5-10H,1-4H3,(H,21,23)(H,22,24);1-6,15-16H,13-14H2. The van der Waals surface area contributed by atoms with Gasteiger partial charge in [-0.1, -0.05) is 24.3 Å². The van der Waals surface area contributed by atoms with Crippen LogP contribution in [0.4, 0.5) is 22.7 Å². The maximum absolute atomic E-state index is 11.4. The molecule has 4 aromatic carbocycles. The van der Waals surface area contributed by atoms with E-state index in [1.165, 1.54) is 27.7 Å². The summed E-state index contributed by atoms with van der Waals surface area (Å²) in [4.78, 5) is 45.5. The summed E-state index contributed by atoms with van der Waals surface area (Å²) in [5, 5.41) is 24.1. The molecule has 0 unspecified atom stereocenters. The fourth-order valence-corrected chi connectivity index (χ4v) is 3.91. The Hall–Kier alpha value is -6.04. The van der Waals surface area contributed by atoms with E-state index in [0.29, 0.717) is 33.9 Å². The number of aromatic hydroxyl groups is 2. The quantitative estimate of drug-likeness (QED) is 0.0752.